The van der Waals surface area contributed by atoms with E-state index in [0.717, 1.165) is 16.7 Å². The predicted molar refractivity (Wildman–Crippen MR) is 67.9 cm³/mol. The van der Waals surface area contributed by atoms with Crippen molar-refractivity contribution >= 4 is 29.3 Å². The maximum atomic E-state index is 13.9. The van der Waals surface area contributed by atoms with Crippen LogP contribution < -0.4 is 0 Å². The Hall–Kier alpha value is -2.23. The number of carboxylic acids is 1. The zero-order valence-corrected chi connectivity index (χ0v) is 11.1. The Morgan fingerprint density at radius 3 is 2.67 bits per heavy atom. The molecule has 1 fully saturated rings. The molecule has 1 aliphatic heterocycles. The normalized spacial score (nSPS) is 17.8. The number of aliphatic carboxylic acids is 1. The number of benzene rings is 1. The van der Waals surface area contributed by atoms with Crippen LogP contribution in [0.4, 0.5) is 14.5 Å². The largest absolute Gasteiger partial charge is 0.480 e. The topological polar surface area (TPSA) is 101 Å². The molecule has 0 aromatic heterocycles. The van der Waals surface area contributed by atoms with Gasteiger partial charge in [-0.1, -0.05) is 0 Å². The van der Waals surface area contributed by atoms with Gasteiger partial charge in [0.25, 0.3) is 5.91 Å². The number of carbonyl (C=O) groups is 2. The summed E-state index contributed by atoms with van der Waals surface area (Å²) in [4.78, 5) is 33.4. The van der Waals surface area contributed by atoms with E-state index < -0.39 is 45.7 Å². The van der Waals surface area contributed by atoms with Crippen molar-refractivity contribution in [1.82, 2.24) is 4.90 Å². The molecule has 0 saturated carbocycles. The Balaban J connectivity index is 2.44. The molecule has 0 radical (unpaired) electrons. The summed E-state index contributed by atoms with van der Waals surface area (Å²) in [5.74, 6) is -4.90. The van der Waals surface area contributed by atoms with Gasteiger partial charge in [-0.05, 0) is 6.07 Å². The lowest BCUT2D eigenvalue weighted by atomic mass is 10.1. The summed E-state index contributed by atoms with van der Waals surface area (Å²) in [7, 11) is 0. The molecule has 1 aromatic rings. The molecule has 1 aliphatic rings. The monoisotopic (exact) mass is 318 g/mol. The molecule has 1 saturated heterocycles. The number of hydrogen-bond donors (Lipinski definition) is 1. The number of amides is 1. The summed E-state index contributed by atoms with van der Waals surface area (Å²) in [6.07, 6.45) is 0. The molecule has 1 amide bonds. The first-order valence-electron chi connectivity index (χ1n) is 5.58. The molecule has 0 unspecified atom stereocenters. The van der Waals surface area contributed by atoms with Crippen molar-refractivity contribution < 1.29 is 28.4 Å². The minimum Gasteiger partial charge on any atom is -0.480 e. The van der Waals surface area contributed by atoms with Gasteiger partial charge in [0.15, 0.2) is 0 Å². The van der Waals surface area contributed by atoms with E-state index in [-0.39, 0.29) is 11.6 Å². The second kappa shape index (κ2) is 5.64. The highest BCUT2D eigenvalue weighted by Crippen LogP contribution is 2.28. The first kappa shape index (κ1) is 15.2. The molecule has 10 heteroatoms. The zero-order valence-electron chi connectivity index (χ0n) is 10.3. The number of halogens is 2. The van der Waals surface area contributed by atoms with Crippen molar-refractivity contribution in [2.45, 2.75) is 6.04 Å². The highest BCUT2D eigenvalue weighted by atomic mass is 32.2. The molecule has 1 atom stereocenters. The Bertz CT molecular complexity index is 639. The molecular weight excluding hydrogens is 310 g/mol. The highest BCUT2D eigenvalue weighted by molar-refractivity contribution is 7.99. The quantitative estimate of drug-likeness (QED) is 0.669. The summed E-state index contributed by atoms with van der Waals surface area (Å²) < 4.78 is 27.2. The number of carboxylic acid groups (broad SMARTS) is 1. The summed E-state index contributed by atoms with van der Waals surface area (Å²) in [6.45, 7) is 0. The molecule has 7 nitrogen and oxygen atoms in total. The zero-order chi connectivity index (χ0) is 15.7. The number of hydrogen-bond acceptors (Lipinski definition) is 5. The first-order valence-corrected chi connectivity index (χ1v) is 6.73. The Morgan fingerprint density at radius 2 is 2.10 bits per heavy atom. The summed E-state index contributed by atoms with van der Waals surface area (Å²) in [6, 6.07) is -0.296. The fourth-order valence-corrected chi connectivity index (χ4v) is 3.01. The van der Waals surface area contributed by atoms with Crippen LogP contribution in [-0.4, -0.2) is 44.5 Å². The van der Waals surface area contributed by atoms with Gasteiger partial charge in [0.2, 0.25) is 5.82 Å². The highest BCUT2D eigenvalue weighted by Gasteiger charge is 2.37. The second-order valence-electron chi connectivity index (χ2n) is 4.17. The van der Waals surface area contributed by atoms with E-state index in [4.69, 9.17) is 5.11 Å². The van der Waals surface area contributed by atoms with Crippen LogP contribution >= 0.6 is 11.8 Å². The molecule has 1 heterocycles. The smallest absolute Gasteiger partial charge is 0.327 e. The van der Waals surface area contributed by atoms with Crippen LogP contribution in [0.3, 0.4) is 0 Å². The molecule has 0 bridgehead atoms. The lowest BCUT2D eigenvalue weighted by Crippen LogP contribution is -2.42. The van der Waals surface area contributed by atoms with Crippen LogP contribution in [0, 0.1) is 21.7 Å². The number of nitro benzene ring substituents is 1. The van der Waals surface area contributed by atoms with Crippen LogP contribution in [0.1, 0.15) is 10.4 Å². The van der Waals surface area contributed by atoms with Gasteiger partial charge in [-0.3, -0.25) is 14.9 Å². The van der Waals surface area contributed by atoms with E-state index in [1.54, 1.807) is 0 Å². The van der Waals surface area contributed by atoms with Crippen LogP contribution in [0.2, 0.25) is 0 Å². The molecular formula is C11H8F2N2O5S. The SMILES string of the molecule is O=C(O)[C@@H]1CSCN1C(=O)c1cc(F)cc([N+](=O)[O-])c1F. The van der Waals surface area contributed by atoms with Gasteiger partial charge >= 0.3 is 11.7 Å². The van der Waals surface area contributed by atoms with Gasteiger partial charge in [0, 0.05) is 5.75 Å². The van der Waals surface area contributed by atoms with Gasteiger partial charge in [0.05, 0.1) is 22.4 Å². The summed E-state index contributed by atoms with van der Waals surface area (Å²) in [5, 5.41) is 19.6. The third kappa shape index (κ3) is 2.79. The molecule has 1 N–H and O–H groups in total. The lowest BCUT2D eigenvalue weighted by Gasteiger charge is -2.20. The lowest BCUT2D eigenvalue weighted by molar-refractivity contribution is -0.387. The van der Waals surface area contributed by atoms with Crippen LogP contribution in [0.25, 0.3) is 0 Å². The van der Waals surface area contributed by atoms with Crippen molar-refractivity contribution in [3.05, 3.63) is 39.4 Å². The van der Waals surface area contributed by atoms with Gasteiger partial charge in [-0.2, -0.15) is 4.39 Å². The molecule has 112 valence electrons. The molecule has 0 spiro atoms. The van der Waals surface area contributed by atoms with Crippen molar-refractivity contribution in [1.29, 1.82) is 0 Å². The van der Waals surface area contributed by atoms with Gasteiger partial charge in [-0.15, -0.1) is 11.8 Å². The number of thioether (sulfide) groups is 1. The molecule has 0 aliphatic carbocycles. The van der Waals surface area contributed by atoms with Crippen molar-refractivity contribution in [2.24, 2.45) is 0 Å². The fraction of sp³-hybridized carbons (Fsp3) is 0.273. The Morgan fingerprint density at radius 1 is 1.43 bits per heavy atom. The average Bonchev–Trinajstić information content (AvgIpc) is 2.89. The maximum absolute atomic E-state index is 13.9. The van der Waals surface area contributed by atoms with Gasteiger partial charge in [-0.25, -0.2) is 9.18 Å². The third-order valence-corrected chi connectivity index (χ3v) is 3.89. The van der Waals surface area contributed by atoms with E-state index in [9.17, 15) is 28.5 Å². The Labute approximate surface area is 120 Å². The van der Waals surface area contributed by atoms with E-state index in [1.165, 1.54) is 0 Å². The number of nitro groups is 1. The van der Waals surface area contributed by atoms with E-state index >= 15 is 0 Å². The van der Waals surface area contributed by atoms with Gasteiger partial charge < -0.3 is 10.0 Å². The van der Waals surface area contributed by atoms with E-state index in [2.05, 4.69) is 0 Å². The van der Waals surface area contributed by atoms with E-state index in [0.29, 0.717) is 12.1 Å². The van der Waals surface area contributed by atoms with E-state index in [1.807, 2.05) is 0 Å². The minimum absolute atomic E-state index is 0.0143. The van der Waals surface area contributed by atoms with Crippen molar-refractivity contribution in [3.63, 3.8) is 0 Å². The fourth-order valence-electron chi connectivity index (χ4n) is 1.87. The Kier molecular flexibility index (Phi) is 4.07. The van der Waals surface area contributed by atoms with Crippen LogP contribution in [0.15, 0.2) is 12.1 Å². The number of rotatable bonds is 3. The molecule has 21 heavy (non-hydrogen) atoms. The first-order chi connectivity index (χ1) is 9.82. The summed E-state index contributed by atoms with van der Waals surface area (Å²) >= 11 is 1.14. The number of nitrogens with zero attached hydrogens (tertiary/aromatic N) is 2. The standard InChI is InChI=1S/C11H8F2N2O5S/c12-5-1-6(9(13)7(2-5)15(19)20)10(16)14-4-21-3-8(14)11(17)18/h1-2,8H,3-4H2,(H,17,18)/t8-/m0/s1. The van der Waals surface area contributed by atoms with Crippen LogP contribution in [-0.2, 0) is 4.79 Å². The minimum atomic E-state index is -1.48. The van der Waals surface area contributed by atoms with Gasteiger partial charge in [0.1, 0.15) is 11.9 Å². The third-order valence-electron chi connectivity index (χ3n) is 2.87. The van der Waals surface area contributed by atoms with Crippen molar-refractivity contribution in [2.75, 3.05) is 11.6 Å². The summed E-state index contributed by atoms with van der Waals surface area (Å²) in [5.41, 5.74) is -2.02. The van der Waals surface area contributed by atoms with Crippen LogP contribution in [0.5, 0.6) is 0 Å². The predicted octanol–water partition coefficient (Wildman–Crippen LogP) is 1.47. The number of carbonyl (C=O) groups excluding carboxylic acids is 1. The second-order valence-corrected chi connectivity index (χ2v) is 5.17. The maximum Gasteiger partial charge on any atom is 0.327 e. The van der Waals surface area contributed by atoms with Crippen molar-refractivity contribution in [3.8, 4) is 0 Å². The average molecular weight is 318 g/mol. The molecule has 2 rings (SSSR count). The molecule has 1 aromatic carbocycles.